The van der Waals surface area contributed by atoms with Crippen molar-refractivity contribution in [2.45, 2.75) is 6.92 Å². The Morgan fingerprint density at radius 1 is 1.50 bits per heavy atom. The fourth-order valence-electron chi connectivity index (χ4n) is 1.30. The van der Waals surface area contributed by atoms with Crippen LogP contribution in [0.2, 0.25) is 0 Å². The fraction of sp³-hybridized carbons (Fsp3) is 0.154. The molecule has 84 valence electrons. The molecule has 1 rings (SSSR count). The Hall–Kier alpha value is -1.90. The highest BCUT2D eigenvalue weighted by molar-refractivity contribution is 6.05. The maximum atomic E-state index is 13.5. The molecule has 0 unspecified atom stereocenters. The summed E-state index contributed by atoms with van der Waals surface area (Å²) in [6.45, 7) is 5.22. The molecule has 0 atom stereocenters. The van der Waals surface area contributed by atoms with Crippen LogP contribution < -0.4 is 4.74 Å². The Morgan fingerprint density at radius 3 is 2.75 bits per heavy atom. The first-order chi connectivity index (χ1) is 7.58. The molecule has 0 bridgehead atoms. The minimum Gasteiger partial charge on any atom is -0.497 e. The van der Waals surface area contributed by atoms with E-state index in [1.807, 2.05) is 0 Å². The summed E-state index contributed by atoms with van der Waals surface area (Å²) in [5, 5.41) is 7.44. The SMILES string of the molecule is C=CC(=N)/C=C(\C)c1cc(OC)ccc1F. The smallest absolute Gasteiger partial charge is 0.130 e. The predicted octanol–water partition coefficient (Wildman–Crippen LogP) is 3.44. The van der Waals surface area contributed by atoms with E-state index >= 15 is 0 Å². The van der Waals surface area contributed by atoms with Crippen molar-refractivity contribution >= 4 is 11.3 Å². The average molecular weight is 219 g/mol. The number of methoxy groups -OCH3 is 1. The molecular formula is C13H14FNO. The molecule has 0 fully saturated rings. The minimum atomic E-state index is -0.327. The van der Waals surface area contributed by atoms with Gasteiger partial charge >= 0.3 is 0 Å². The van der Waals surface area contributed by atoms with Crippen molar-refractivity contribution < 1.29 is 9.13 Å². The Bertz CT molecular complexity index is 449. The Labute approximate surface area is 94.6 Å². The van der Waals surface area contributed by atoms with E-state index in [2.05, 4.69) is 6.58 Å². The lowest BCUT2D eigenvalue weighted by molar-refractivity contribution is 0.413. The highest BCUT2D eigenvalue weighted by Gasteiger charge is 2.06. The fourth-order valence-corrected chi connectivity index (χ4v) is 1.30. The van der Waals surface area contributed by atoms with Crippen molar-refractivity contribution in [2.75, 3.05) is 7.11 Å². The molecule has 0 radical (unpaired) electrons. The van der Waals surface area contributed by atoms with E-state index in [1.165, 1.54) is 19.3 Å². The van der Waals surface area contributed by atoms with Gasteiger partial charge in [0.05, 0.1) is 12.8 Å². The van der Waals surface area contributed by atoms with Crippen molar-refractivity contribution in [3.8, 4) is 5.75 Å². The zero-order chi connectivity index (χ0) is 12.1. The van der Waals surface area contributed by atoms with Crippen molar-refractivity contribution in [2.24, 2.45) is 0 Å². The second kappa shape index (κ2) is 5.26. The van der Waals surface area contributed by atoms with Gasteiger partial charge in [-0.25, -0.2) is 4.39 Å². The second-order valence-corrected chi connectivity index (χ2v) is 3.33. The van der Waals surface area contributed by atoms with Gasteiger partial charge < -0.3 is 10.1 Å². The summed E-state index contributed by atoms with van der Waals surface area (Å²) < 4.78 is 18.5. The molecule has 0 amide bonds. The lowest BCUT2D eigenvalue weighted by atomic mass is 10.0. The van der Waals surface area contributed by atoms with Crippen LogP contribution in [-0.2, 0) is 0 Å². The number of halogens is 1. The van der Waals surface area contributed by atoms with Crippen LogP contribution in [-0.4, -0.2) is 12.8 Å². The van der Waals surface area contributed by atoms with E-state index in [9.17, 15) is 4.39 Å². The van der Waals surface area contributed by atoms with Gasteiger partial charge in [0, 0.05) is 5.56 Å². The lowest BCUT2D eigenvalue weighted by Crippen LogP contribution is -1.92. The van der Waals surface area contributed by atoms with Gasteiger partial charge in [0.2, 0.25) is 0 Å². The van der Waals surface area contributed by atoms with Crippen LogP contribution in [0, 0.1) is 11.2 Å². The van der Waals surface area contributed by atoms with Crippen LogP contribution in [0.4, 0.5) is 4.39 Å². The number of rotatable bonds is 4. The quantitative estimate of drug-likeness (QED) is 0.773. The van der Waals surface area contributed by atoms with Gasteiger partial charge in [0.1, 0.15) is 11.6 Å². The molecule has 0 heterocycles. The molecule has 2 nitrogen and oxygen atoms in total. The van der Waals surface area contributed by atoms with Crippen molar-refractivity contribution in [3.05, 3.63) is 48.3 Å². The van der Waals surface area contributed by atoms with Gasteiger partial charge in [-0.1, -0.05) is 6.58 Å². The first kappa shape index (κ1) is 12.2. The molecule has 1 aromatic rings. The van der Waals surface area contributed by atoms with Gasteiger partial charge in [-0.3, -0.25) is 0 Å². The number of nitrogens with one attached hydrogen (secondary N) is 1. The average Bonchev–Trinajstić information content (AvgIpc) is 2.29. The molecule has 0 saturated carbocycles. The first-order valence-electron chi connectivity index (χ1n) is 4.81. The van der Waals surface area contributed by atoms with E-state index in [-0.39, 0.29) is 11.5 Å². The van der Waals surface area contributed by atoms with Gasteiger partial charge in [-0.2, -0.15) is 0 Å². The van der Waals surface area contributed by atoms with Crippen LogP contribution in [0.15, 0.2) is 36.9 Å². The van der Waals surface area contributed by atoms with E-state index < -0.39 is 0 Å². The highest BCUT2D eigenvalue weighted by Crippen LogP contribution is 2.23. The molecule has 0 aliphatic heterocycles. The van der Waals surface area contributed by atoms with Crippen molar-refractivity contribution in [1.29, 1.82) is 5.41 Å². The van der Waals surface area contributed by atoms with Crippen molar-refractivity contribution in [1.82, 2.24) is 0 Å². The molecular weight excluding hydrogens is 205 g/mol. The van der Waals surface area contributed by atoms with Gasteiger partial charge in [0.25, 0.3) is 0 Å². The van der Waals surface area contributed by atoms with Crippen molar-refractivity contribution in [3.63, 3.8) is 0 Å². The van der Waals surface area contributed by atoms with E-state index in [1.54, 1.807) is 25.1 Å². The zero-order valence-corrected chi connectivity index (χ0v) is 9.38. The second-order valence-electron chi connectivity index (χ2n) is 3.33. The highest BCUT2D eigenvalue weighted by atomic mass is 19.1. The lowest BCUT2D eigenvalue weighted by Gasteiger charge is -2.06. The van der Waals surface area contributed by atoms with E-state index in [0.717, 1.165) is 0 Å². The molecule has 0 aliphatic rings. The number of hydrogen-bond acceptors (Lipinski definition) is 2. The predicted molar refractivity (Wildman–Crippen MR) is 64.5 cm³/mol. The number of ether oxygens (including phenoxy) is 1. The minimum absolute atomic E-state index is 0.250. The third-order valence-electron chi connectivity index (χ3n) is 2.19. The van der Waals surface area contributed by atoms with Crippen LogP contribution >= 0.6 is 0 Å². The summed E-state index contributed by atoms with van der Waals surface area (Å²) in [6.07, 6.45) is 2.96. The molecule has 1 aromatic carbocycles. The third kappa shape index (κ3) is 2.79. The zero-order valence-electron chi connectivity index (χ0n) is 9.38. The third-order valence-corrected chi connectivity index (χ3v) is 2.19. The number of hydrogen-bond donors (Lipinski definition) is 1. The molecule has 3 heteroatoms. The van der Waals surface area contributed by atoms with Gasteiger partial charge in [0.15, 0.2) is 0 Å². The normalized spacial score (nSPS) is 11.1. The number of benzene rings is 1. The molecule has 0 aromatic heterocycles. The van der Waals surface area contributed by atoms with Gasteiger partial charge in [-0.15, -0.1) is 0 Å². The molecule has 16 heavy (non-hydrogen) atoms. The van der Waals surface area contributed by atoms with Crippen LogP contribution in [0.3, 0.4) is 0 Å². The summed E-state index contributed by atoms with van der Waals surface area (Å²) in [5.41, 5.74) is 1.35. The summed E-state index contributed by atoms with van der Waals surface area (Å²) >= 11 is 0. The van der Waals surface area contributed by atoms with Crippen LogP contribution in [0.25, 0.3) is 5.57 Å². The Balaban J connectivity index is 3.16. The van der Waals surface area contributed by atoms with E-state index in [0.29, 0.717) is 16.9 Å². The van der Waals surface area contributed by atoms with E-state index in [4.69, 9.17) is 10.1 Å². The largest absolute Gasteiger partial charge is 0.497 e. The number of allylic oxidation sites excluding steroid dienone is 3. The summed E-state index contributed by atoms with van der Waals surface area (Å²) in [6, 6.07) is 4.52. The maximum absolute atomic E-state index is 13.5. The first-order valence-corrected chi connectivity index (χ1v) is 4.81. The topological polar surface area (TPSA) is 33.1 Å². The summed E-state index contributed by atoms with van der Waals surface area (Å²) in [7, 11) is 1.53. The Morgan fingerprint density at radius 2 is 2.19 bits per heavy atom. The maximum Gasteiger partial charge on any atom is 0.130 e. The summed E-state index contributed by atoms with van der Waals surface area (Å²) in [4.78, 5) is 0. The summed E-state index contributed by atoms with van der Waals surface area (Å²) in [5.74, 6) is 0.265. The van der Waals surface area contributed by atoms with Crippen LogP contribution in [0.1, 0.15) is 12.5 Å². The standard InChI is InChI=1S/C13H14FNO/c1-4-10(15)7-9(2)12-8-11(16-3)5-6-13(12)14/h4-8,15H,1H2,2-3H3/b9-7+,15-10?. The molecule has 0 aliphatic carbocycles. The molecule has 0 spiro atoms. The van der Waals surface area contributed by atoms with Gasteiger partial charge in [-0.05, 0) is 42.8 Å². The Kier molecular flexibility index (Phi) is 4.00. The molecule has 0 saturated heterocycles. The van der Waals surface area contributed by atoms with Crippen LogP contribution in [0.5, 0.6) is 5.75 Å². The monoisotopic (exact) mass is 219 g/mol. The molecule has 1 N–H and O–H groups in total.